The Kier molecular flexibility index (Phi) is 9.50. The monoisotopic (exact) mass is 192 g/mol. The van der Waals surface area contributed by atoms with Crippen LogP contribution in [-0.4, -0.2) is 0 Å². The summed E-state index contributed by atoms with van der Waals surface area (Å²) in [5.41, 5.74) is 1.37. The standard InChI is InChI=1S/C14H17.Li/c1-2-3-4-5-6-8-11-14-12-9-7-10-13-14;/h7,9-10,12-13H,1-4,8,11H2;/q-1;+1. The third-order valence-corrected chi connectivity index (χ3v) is 2.06. The predicted octanol–water partition coefficient (Wildman–Crippen LogP) is 0.631. The van der Waals surface area contributed by atoms with E-state index in [9.17, 15) is 0 Å². The van der Waals surface area contributed by atoms with E-state index in [1.807, 2.05) is 6.07 Å². The Morgan fingerprint density at radius 1 is 1.00 bits per heavy atom. The summed E-state index contributed by atoms with van der Waals surface area (Å²) in [6.45, 7) is 3.78. The number of aryl methyl sites for hydroxylation is 1. The molecule has 0 spiro atoms. The van der Waals surface area contributed by atoms with Gasteiger partial charge in [-0.15, -0.1) is 11.8 Å². The van der Waals surface area contributed by atoms with E-state index in [-0.39, 0.29) is 18.9 Å². The van der Waals surface area contributed by atoms with Crippen molar-refractivity contribution in [1.82, 2.24) is 0 Å². The Bertz CT molecular complexity index is 292. The maximum atomic E-state index is 3.78. The van der Waals surface area contributed by atoms with Gasteiger partial charge in [0.2, 0.25) is 0 Å². The average molecular weight is 192 g/mol. The molecule has 0 saturated heterocycles. The van der Waals surface area contributed by atoms with Gasteiger partial charge in [-0.25, -0.2) is 0 Å². The summed E-state index contributed by atoms with van der Waals surface area (Å²) in [5.74, 6) is 6.36. The van der Waals surface area contributed by atoms with E-state index in [4.69, 9.17) is 0 Å². The molecular weight excluding hydrogens is 175 g/mol. The number of hydrogen-bond donors (Lipinski definition) is 0. The van der Waals surface area contributed by atoms with Gasteiger partial charge in [0, 0.05) is 12.8 Å². The van der Waals surface area contributed by atoms with Crippen molar-refractivity contribution in [2.24, 2.45) is 0 Å². The molecule has 0 bridgehead atoms. The van der Waals surface area contributed by atoms with E-state index in [0.29, 0.717) is 0 Å². The second-order valence-electron chi connectivity index (χ2n) is 3.30. The molecule has 1 aromatic rings. The van der Waals surface area contributed by atoms with Crippen LogP contribution in [0.2, 0.25) is 0 Å². The molecule has 1 aromatic carbocycles. The van der Waals surface area contributed by atoms with Crippen LogP contribution in [0, 0.1) is 18.8 Å². The van der Waals surface area contributed by atoms with Crippen molar-refractivity contribution in [3.63, 3.8) is 0 Å². The van der Waals surface area contributed by atoms with Gasteiger partial charge >= 0.3 is 18.9 Å². The maximum absolute atomic E-state index is 3.78. The van der Waals surface area contributed by atoms with Crippen molar-refractivity contribution in [1.29, 1.82) is 0 Å². The van der Waals surface area contributed by atoms with Crippen LogP contribution in [-0.2, 0) is 6.42 Å². The molecule has 0 fully saturated rings. The summed E-state index contributed by atoms with van der Waals surface area (Å²) in [6.07, 6.45) is 5.16. The van der Waals surface area contributed by atoms with Gasteiger partial charge < -0.3 is 6.92 Å². The number of benzene rings is 1. The van der Waals surface area contributed by atoms with Gasteiger partial charge in [0.05, 0.1) is 0 Å². The fourth-order valence-electron chi connectivity index (χ4n) is 1.24. The third-order valence-electron chi connectivity index (χ3n) is 2.06. The Balaban J connectivity index is 0.00000196. The second kappa shape index (κ2) is 9.91. The van der Waals surface area contributed by atoms with Crippen molar-refractivity contribution in [2.45, 2.75) is 32.1 Å². The summed E-state index contributed by atoms with van der Waals surface area (Å²) in [7, 11) is 0. The molecule has 0 aromatic heterocycles. The van der Waals surface area contributed by atoms with Crippen LogP contribution in [0.25, 0.3) is 0 Å². The predicted molar refractivity (Wildman–Crippen MR) is 61.7 cm³/mol. The number of rotatable bonds is 4. The fourth-order valence-corrected chi connectivity index (χ4v) is 1.24. The smallest absolute Gasteiger partial charge is 0.343 e. The Hall–Kier alpha value is -0.623. The topological polar surface area (TPSA) is 0 Å². The molecule has 0 aliphatic carbocycles. The van der Waals surface area contributed by atoms with Crippen LogP contribution < -0.4 is 18.9 Å². The molecule has 0 atom stereocenters. The normalized spacial score (nSPS) is 8.60. The molecule has 0 N–H and O–H groups in total. The molecule has 0 radical (unpaired) electrons. The minimum absolute atomic E-state index is 0. The molecule has 1 heteroatoms. The summed E-state index contributed by atoms with van der Waals surface area (Å²) < 4.78 is 0. The van der Waals surface area contributed by atoms with Gasteiger partial charge in [0.15, 0.2) is 0 Å². The van der Waals surface area contributed by atoms with Crippen molar-refractivity contribution in [3.8, 4) is 11.8 Å². The minimum atomic E-state index is 0. The van der Waals surface area contributed by atoms with Gasteiger partial charge in [-0.1, -0.05) is 36.8 Å². The van der Waals surface area contributed by atoms with E-state index >= 15 is 0 Å². The fraction of sp³-hybridized carbons (Fsp3) is 0.357. The summed E-state index contributed by atoms with van der Waals surface area (Å²) in [6, 6.07) is 10.5. The van der Waals surface area contributed by atoms with E-state index in [0.717, 1.165) is 32.1 Å². The Labute approximate surface area is 106 Å². The van der Waals surface area contributed by atoms with Crippen molar-refractivity contribution >= 4 is 0 Å². The first kappa shape index (κ1) is 14.4. The van der Waals surface area contributed by atoms with Crippen LogP contribution in [0.15, 0.2) is 30.3 Å². The van der Waals surface area contributed by atoms with Gasteiger partial charge in [0.25, 0.3) is 0 Å². The maximum Gasteiger partial charge on any atom is 1.00 e. The van der Waals surface area contributed by atoms with E-state index < -0.39 is 0 Å². The molecular formula is C14H17Li. The largest absolute Gasteiger partial charge is 1.00 e. The third kappa shape index (κ3) is 7.32. The van der Waals surface area contributed by atoms with Gasteiger partial charge in [-0.05, 0) is 12.0 Å². The molecule has 0 aliphatic heterocycles. The molecule has 15 heavy (non-hydrogen) atoms. The molecule has 0 aliphatic rings. The number of hydrogen-bond acceptors (Lipinski definition) is 0. The van der Waals surface area contributed by atoms with Gasteiger partial charge in [-0.2, -0.15) is 6.42 Å². The van der Waals surface area contributed by atoms with Crippen LogP contribution in [0.3, 0.4) is 0 Å². The zero-order valence-electron chi connectivity index (χ0n) is 9.63. The van der Waals surface area contributed by atoms with Crippen molar-refractivity contribution in [3.05, 3.63) is 42.8 Å². The van der Waals surface area contributed by atoms with Crippen molar-refractivity contribution in [2.75, 3.05) is 0 Å². The molecule has 74 valence electrons. The zero-order valence-corrected chi connectivity index (χ0v) is 9.63. The van der Waals surface area contributed by atoms with Crippen LogP contribution in [0.4, 0.5) is 0 Å². The summed E-state index contributed by atoms with van der Waals surface area (Å²) in [4.78, 5) is 0. The first-order valence-electron chi connectivity index (χ1n) is 5.22. The first-order chi connectivity index (χ1) is 6.93. The van der Waals surface area contributed by atoms with E-state index in [1.54, 1.807) is 0 Å². The summed E-state index contributed by atoms with van der Waals surface area (Å²) >= 11 is 0. The minimum Gasteiger partial charge on any atom is -0.343 e. The zero-order chi connectivity index (χ0) is 10.1. The average Bonchev–Trinajstić information content (AvgIpc) is 2.25. The summed E-state index contributed by atoms with van der Waals surface area (Å²) in [5, 5.41) is 0. The van der Waals surface area contributed by atoms with E-state index in [2.05, 4.69) is 43.0 Å². The molecule has 0 amide bonds. The van der Waals surface area contributed by atoms with Gasteiger partial charge in [-0.3, -0.25) is 0 Å². The molecule has 0 nitrogen and oxygen atoms in total. The van der Waals surface area contributed by atoms with Crippen LogP contribution >= 0.6 is 0 Å². The Morgan fingerprint density at radius 2 is 1.67 bits per heavy atom. The van der Waals surface area contributed by atoms with Crippen LogP contribution in [0.1, 0.15) is 31.2 Å². The van der Waals surface area contributed by atoms with Crippen LogP contribution in [0.5, 0.6) is 0 Å². The SMILES string of the molecule is [CH2-]CCCC#CCCc1ccccc1.[Li+]. The molecule has 1 rings (SSSR count). The number of unbranched alkanes of at least 4 members (excludes halogenated alkanes) is 2. The molecule has 0 heterocycles. The van der Waals surface area contributed by atoms with Gasteiger partial charge in [0.1, 0.15) is 0 Å². The van der Waals surface area contributed by atoms with E-state index in [1.165, 1.54) is 5.56 Å². The first-order valence-corrected chi connectivity index (χ1v) is 5.22. The molecule has 0 saturated carbocycles. The molecule has 0 unspecified atom stereocenters. The quantitative estimate of drug-likeness (QED) is 0.284. The second-order valence-corrected chi connectivity index (χ2v) is 3.30. The Morgan fingerprint density at radius 3 is 2.33 bits per heavy atom. The van der Waals surface area contributed by atoms with Crippen molar-refractivity contribution < 1.29 is 18.9 Å².